The number of aromatic nitrogens is 2. The molecule has 0 N–H and O–H groups in total. The van der Waals surface area contributed by atoms with Crippen LogP contribution in [0.5, 0.6) is 0 Å². The van der Waals surface area contributed by atoms with Crippen molar-refractivity contribution in [1.29, 1.82) is 0 Å². The molecule has 0 aliphatic heterocycles. The summed E-state index contributed by atoms with van der Waals surface area (Å²) in [6.07, 6.45) is 0. The van der Waals surface area contributed by atoms with E-state index >= 15 is 0 Å². The molecule has 0 saturated carbocycles. The van der Waals surface area contributed by atoms with E-state index in [0.29, 0.717) is 22.4 Å². The molecule has 0 radical (unpaired) electrons. The Morgan fingerprint density at radius 3 is 2.40 bits per heavy atom. The number of pyridine rings is 1. The molecule has 0 saturated heterocycles. The second-order valence-corrected chi connectivity index (χ2v) is 8.10. The van der Waals surface area contributed by atoms with E-state index in [1.54, 1.807) is 11.3 Å². The van der Waals surface area contributed by atoms with Crippen molar-refractivity contribution in [1.82, 2.24) is 15.0 Å². The van der Waals surface area contributed by atoms with Crippen LogP contribution in [0.1, 0.15) is 48.6 Å². The first-order valence-electron chi connectivity index (χ1n) is 8.46. The number of rotatable bonds is 4. The molecule has 6 heteroatoms. The average molecular weight is 357 g/mol. The molecule has 132 valence electrons. The van der Waals surface area contributed by atoms with E-state index in [0.717, 1.165) is 10.6 Å². The van der Waals surface area contributed by atoms with Gasteiger partial charge in [0.25, 0.3) is 11.6 Å². The fourth-order valence-electron chi connectivity index (χ4n) is 3.17. The van der Waals surface area contributed by atoms with Crippen LogP contribution in [-0.4, -0.2) is 33.0 Å². The Kier molecular flexibility index (Phi) is 4.64. The molecule has 0 aliphatic rings. The van der Waals surface area contributed by atoms with Crippen LogP contribution in [0.15, 0.2) is 22.7 Å². The van der Waals surface area contributed by atoms with Crippen molar-refractivity contribution in [2.24, 2.45) is 0 Å². The van der Waals surface area contributed by atoms with Crippen molar-refractivity contribution >= 4 is 28.3 Å². The summed E-state index contributed by atoms with van der Waals surface area (Å²) in [5, 5.41) is 4.73. The Bertz CT molecular complexity index is 916. The highest BCUT2D eigenvalue weighted by Gasteiger charge is 2.26. The lowest BCUT2D eigenvalue weighted by molar-refractivity contribution is 0.0645. The highest BCUT2D eigenvalue weighted by atomic mass is 32.1. The van der Waals surface area contributed by atoms with E-state index in [1.807, 2.05) is 57.7 Å². The van der Waals surface area contributed by atoms with Gasteiger partial charge in [-0.25, -0.2) is 4.98 Å². The maximum Gasteiger partial charge on any atom is 0.259 e. The second-order valence-electron chi connectivity index (χ2n) is 6.81. The minimum absolute atomic E-state index is 0.0155. The summed E-state index contributed by atoms with van der Waals surface area (Å²) in [5.74, 6) is -0.0155. The minimum Gasteiger partial charge on any atom is -0.335 e. The van der Waals surface area contributed by atoms with Crippen LogP contribution in [0, 0.1) is 13.8 Å². The van der Waals surface area contributed by atoms with Gasteiger partial charge in [0.1, 0.15) is 0 Å². The molecule has 0 atom stereocenters. The number of nitrogens with zero attached hydrogens (tertiary/aromatic N) is 3. The Morgan fingerprint density at radius 1 is 1.16 bits per heavy atom. The van der Waals surface area contributed by atoms with E-state index in [4.69, 9.17) is 4.52 Å². The number of hydrogen-bond acceptors (Lipinski definition) is 5. The SMILES string of the molecule is Cc1ccc(-c2cc(C(=O)N(C(C)C)C(C)C)c3c(C)noc3n2)s1. The Balaban J connectivity index is 2.21. The lowest BCUT2D eigenvalue weighted by Crippen LogP contribution is -2.42. The third-order valence-corrected chi connectivity index (χ3v) is 5.21. The van der Waals surface area contributed by atoms with Crippen LogP contribution in [0.2, 0.25) is 0 Å². The molecule has 3 rings (SSSR count). The van der Waals surface area contributed by atoms with Crippen LogP contribution in [0.3, 0.4) is 0 Å². The molecule has 0 aromatic carbocycles. The van der Waals surface area contributed by atoms with Crippen molar-refractivity contribution in [2.75, 3.05) is 0 Å². The molecule has 3 aromatic rings. The van der Waals surface area contributed by atoms with E-state index in [1.165, 1.54) is 4.88 Å². The second kappa shape index (κ2) is 6.59. The smallest absolute Gasteiger partial charge is 0.259 e. The first-order valence-corrected chi connectivity index (χ1v) is 9.27. The third-order valence-electron chi connectivity index (χ3n) is 4.19. The molecule has 25 heavy (non-hydrogen) atoms. The number of amides is 1. The number of hydrogen-bond donors (Lipinski definition) is 0. The summed E-state index contributed by atoms with van der Waals surface area (Å²) in [6, 6.07) is 6.14. The predicted molar refractivity (Wildman–Crippen MR) is 101 cm³/mol. The molecule has 5 nitrogen and oxygen atoms in total. The van der Waals surface area contributed by atoms with Crippen LogP contribution < -0.4 is 0 Å². The normalized spacial score (nSPS) is 11.7. The van der Waals surface area contributed by atoms with Crippen molar-refractivity contribution in [3.8, 4) is 10.6 Å². The van der Waals surface area contributed by atoms with Gasteiger partial charge >= 0.3 is 0 Å². The third kappa shape index (κ3) is 3.18. The summed E-state index contributed by atoms with van der Waals surface area (Å²) >= 11 is 1.65. The van der Waals surface area contributed by atoms with Gasteiger partial charge in [0.15, 0.2) is 0 Å². The van der Waals surface area contributed by atoms with E-state index in [9.17, 15) is 4.79 Å². The summed E-state index contributed by atoms with van der Waals surface area (Å²) in [6.45, 7) is 12.0. The maximum absolute atomic E-state index is 13.3. The van der Waals surface area contributed by atoms with E-state index < -0.39 is 0 Å². The number of thiophene rings is 1. The Hall–Kier alpha value is -2.21. The predicted octanol–water partition coefficient (Wildman–Crippen LogP) is 4.83. The molecule has 0 unspecified atom stereocenters. The van der Waals surface area contributed by atoms with Gasteiger partial charge in [0, 0.05) is 17.0 Å². The van der Waals surface area contributed by atoms with Gasteiger partial charge in [-0.1, -0.05) is 5.16 Å². The molecule has 0 aliphatic carbocycles. The van der Waals surface area contributed by atoms with Gasteiger partial charge in [-0.2, -0.15) is 0 Å². The molecule has 1 amide bonds. The average Bonchev–Trinajstić information content (AvgIpc) is 3.12. The number of carbonyl (C=O) groups excluding carboxylic acids is 1. The first kappa shape index (κ1) is 17.6. The van der Waals surface area contributed by atoms with Crippen LogP contribution in [0.25, 0.3) is 21.7 Å². The lowest BCUT2D eigenvalue weighted by atomic mass is 10.1. The molecule has 0 spiro atoms. The van der Waals surface area contributed by atoms with Gasteiger partial charge in [-0.05, 0) is 59.7 Å². The zero-order valence-electron chi connectivity index (χ0n) is 15.5. The van der Waals surface area contributed by atoms with Crippen molar-refractivity contribution in [3.05, 3.63) is 34.3 Å². The van der Waals surface area contributed by atoms with E-state index in [2.05, 4.69) is 17.1 Å². The van der Waals surface area contributed by atoms with Gasteiger partial charge in [0.2, 0.25) is 0 Å². The molecular weight excluding hydrogens is 334 g/mol. The Morgan fingerprint density at radius 2 is 1.84 bits per heavy atom. The quantitative estimate of drug-likeness (QED) is 0.671. The summed E-state index contributed by atoms with van der Waals surface area (Å²) in [7, 11) is 0. The van der Waals surface area contributed by atoms with Crippen molar-refractivity contribution in [2.45, 2.75) is 53.6 Å². The number of carbonyl (C=O) groups is 1. The first-order chi connectivity index (χ1) is 11.8. The van der Waals surface area contributed by atoms with Gasteiger partial charge < -0.3 is 9.42 Å². The van der Waals surface area contributed by atoms with Gasteiger partial charge in [-0.15, -0.1) is 11.3 Å². The summed E-state index contributed by atoms with van der Waals surface area (Å²) in [4.78, 5) is 22.0. The van der Waals surface area contributed by atoms with Crippen molar-refractivity contribution < 1.29 is 9.32 Å². The van der Waals surface area contributed by atoms with Gasteiger partial charge in [-0.3, -0.25) is 4.79 Å². The van der Waals surface area contributed by atoms with Crippen LogP contribution in [0.4, 0.5) is 0 Å². The standard InChI is InChI=1S/C19H23N3O2S/c1-10(2)22(11(3)4)19(23)14-9-15(16-8-7-12(5)25-16)20-18-17(14)13(6)21-24-18/h7-11H,1-6H3. The summed E-state index contributed by atoms with van der Waals surface area (Å²) < 4.78 is 5.38. The fraction of sp³-hybridized carbons (Fsp3) is 0.421. The molecule has 3 aromatic heterocycles. The van der Waals surface area contributed by atoms with Crippen LogP contribution in [-0.2, 0) is 0 Å². The molecule has 0 bridgehead atoms. The molecule has 0 fully saturated rings. The number of aryl methyl sites for hydroxylation is 2. The topological polar surface area (TPSA) is 59.2 Å². The lowest BCUT2D eigenvalue weighted by Gasteiger charge is -2.31. The van der Waals surface area contributed by atoms with Gasteiger partial charge in [0.05, 0.1) is 27.2 Å². The minimum atomic E-state index is -0.0155. The maximum atomic E-state index is 13.3. The molecule has 3 heterocycles. The summed E-state index contributed by atoms with van der Waals surface area (Å²) in [5.41, 5.74) is 2.45. The zero-order valence-corrected chi connectivity index (χ0v) is 16.3. The highest BCUT2D eigenvalue weighted by Crippen LogP contribution is 2.32. The van der Waals surface area contributed by atoms with Crippen LogP contribution >= 0.6 is 11.3 Å². The largest absolute Gasteiger partial charge is 0.335 e. The van der Waals surface area contributed by atoms with E-state index in [-0.39, 0.29) is 18.0 Å². The highest BCUT2D eigenvalue weighted by molar-refractivity contribution is 7.15. The van der Waals surface area contributed by atoms with Crippen molar-refractivity contribution in [3.63, 3.8) is 0 Å². The Labute approximate surface area is 151 Å². The zero-order chi connectivity index (χ0) is 18.3. The fourth-order valence-corrected chi connectivity index (χ4v) is 3.99. The number of fused-ring (bicyclic) bond motifs is 1. The monoisotopic (exact) mass is 357 g/mol. The molecular formula is C19H23N3O2S.